The predicted molar refractivity (Wildman–Crippen MR) is 57.2 cm³/mol. The molecule has 0 aliphatic carbocycles. The van der Waals surface area contributed by atoms with E-state index in [4.69, 9.17) is 5.11 Å². The second-order valence-electron chi connectivity index (χ2n) is 4.06. The first-order chi connectivity index (χ1) is 5.70. The fourth-order valence-corrected chi connectivity index (χ4v) is 1.38. The van der Waals surface area contributed by atoms with Crippen molar-refractivity contribution in [3.05, 3.63) is 0 Å². The van der Waals surface area contributed by atoms with Crippen LogP contribution < -0.4 is 0 Å². The lowest BCUT2D eigenvalue weighted by Crippen LogP contribution is -2.00. The highest BCUT2D eigenvalue weighted by Crippen LogP contribution is 2.17. The molecule has 0 aliphatic heterocycles. The molecule has 0 bridgehead atoms. The molecule has 0 aromatic carbocycles. The second-order valence-corrected chi connectivity index (χ2v) is 4.06. The summed E-state index contributed by atoms with van der Waals surface area (Å²) in [5, 5.41) is 8.69. The highest BCUT2D eigenvalue weighted by Gasteiger charge is 2.03. The van der Waals surface area contributed by atoms with E-state index in [0.29, 0.717) is 12.5 Å². The molecule has 1 N–H and O–H groups in total. The molecule has 0 heterocycles. The molecule has 72 valence electrons. The van der Waals surface area contributed by atoms with Crippen molar-refractivity contribution in [1.82, 2.24) is 0 Å². The molecule has 1 nitrogen and oxygen atoms in total. The molecule has 2 atom stereocenters. The van der Waals surface area contributed by atoms with E-state index in [1.807, 2.05) is 0 Å². The van der Waals surface area contributed by atoms with Gasteiger partial charge in [0.2, 0.25) is 0 Å². The first-order valence-corrected chi connectivity index (χ1v) is 5.31. The third kappa shape index (κ3) is 6.72. The lowest BCUT2D eigenvalue weighted by Gasteiger charge is -2.11. The molecule has 2 heteroatoms. The molecular weight excluding hydrogens is 147 g/mol. The zero-order valence-corrected chi connectivity index (χ0v) is 8.84. The molecule has 0 fully saturated rings. The molecule has 0 aromatic rings. The van der Waals surface area contributed by atoms with Crippen molar-refractivity contribution in [2.24, 2.45) is 5.92 Å². The molecule has 0 rings (SSSR count). The number of rotatable bonds is 7. The minimum atomic E-state index is 0.352. The Morgan fingerprint density at radius 3 is 2.33 bits per heavy atom. The Morgan fingerprint density at radius 1 is 1.17 bits per heavy atom. The first kappa shape index (κ1) is 12.0. The number of aliphatic hydroxyl groups is 1. The highest BCUT2D eigenvalue weighted by molar-refractivity contribution is 6.35. The average molecular weight is 170 g/mol. The maximum atomic E-state index is 8.69. The van der Waals surface area contributed by atoms with E-state index in [2.05, 4.69) is 20.7 Å². The van der Waals surface area contributed by atoms with Crippen molar-refractivity contribution >= 4 is 7.28 Å². The molecule has 0 saturated heterocycles. The van der Waals surface area contributed by atoms with Gasteiger partial charge in [-0.25, -0.2) is 0 Å². The van der Waals surface area contributed by atoms with E-state index in [9.17, 15) is 0 Å². The monoisotopic (exact) mass is 170 g/mol. The Morgan fingerprint density at radius 2 is 1.83 bits per heavy atom. The van der Waals surface area contributed by atoms with Crippen molar-refractivity contribution in [2.45, 2.75) is 52.2 Å². The quantitative estimate of drug-likeness (QED) is 0.582. The Labute approximate surface area is 77.8 Å². The molecule has 0 aromatic heterocycles. The highest BCUT2D eigenvalue weighted by atomic mass is 16.2. The molecule has 0 amide bonds. The van der Waals surface area contributed by atoms with E-state index in [1.165, 1.54) is 26.5 Å². The van der Waals surface area contributed by atoms with Crippen LogP contribution in [0.3, 0.4) is 0 Å². The third-order valence-electron chi connectivity index (χ3n) is 2.71. The van der Waals surface area contributed by atoms with Crippen LogP contribution in [0.15, 0.2) is 0 Å². The zero-order chi connectivity index (χ0) is 9.40. The summed E-state index contributed by atoms with van der Waals surface area (Å²) in [5.74, 6) is 1.59. The first-order valence-electron chi connectivity index (χ1n) is 5.31. The summed E-state index contributed by atoms with van der Waals surface area (Å²) in [6.07, 6.45) is 4.94. The summed E-state index contributed by atoms with van der Waals surface area (Å²) in [7, 11) is 1.30. The van der Waals surface area contributed by atoms with Gasteiger partial charge >= 0.3 is 0 Å². The maximum absolute atomic E-state index is 8.69. The van der Waals surface area contributed by atoms with Crippen LogP contribution in [0.1, 0.15) is 39.5 Å². The second kappa shape index (κ2) is 7.66. The van der Waals surface area contributed by atoms with Crippen molar-refractivity contribution in [1.29, 1.82) is 0 Å². The van der Waals surface area contributed by atoms with Gasteiger partial charge in [0.1, 0.15) is 7.28 Å². The summed E-state index contributed by atoms with van der Waals surface area (Å²) in [6, 6.07) is 0. The Kier molecular flexibility index (Phi) is 7.68. The lowest BCUT2D eigenvalue weighted by atomic mass is 9.66. The largest absolute Gasteiger partial charge is 0.396 e. The summed E-state index contributed by atoms with van der Waals surface area (Å²) >= 11 is 0. The lowest BCUT2D eigenvalue weighted by molar-refractivity contribution is 0.256. The fourth-order valence-electron chi connectivity index (χ4n) is 1.38. The Bertz CT molecular complexity index is 95.8. The van der Waals surface area contributed by atoms with Gasteiger partial charge in [0.05, 0.1) is 0 Å². The molecular formula is C10H23BO. The van der Waals surface area contributed by atoms with Crippen LogP contribution in [0.25, 0.3) is 0 Å². The zero-order valence-electron chi connectivity index (χ0n) is 8.84. The number of aliphatic hydroxyl groups excluding tert-OH is 1. The molecule has 0 spiro atoms. The van der Waals surface area contributed by atoms with Crippen LogP contribution >= 0.6 is 0 Å². The van der Waals surface area contributed by atoms with E-state index in [-0.39, 0.29) is 0 Å². The van der Waals surface area contributed by atoms with Crippen molar-refractivity contribution in [3.63, 3.8) is 0 Å². The van der Waals surface area contributed by atoms with Crippen LogP contribution in [0.2, 0.25) is 12.6 Å². The van der Waals surface area contributed by atoms with Gasteiger partial charge in [0.15, 0.2) is 0 Å². The minimum absolute atomic E-state index is 0.352. The smallest absolute Gasteiger partial charge is 0.120 e. The van der Waals surface area contributed by atoms with Crippen LogP contribution in [0, 0.1) is 5.92 Å². The van der Waals surface area contributed by atoms with E-state index in [1.54, 1.807) is 0 Å². The summed E-state index contributed by atoms with van der Waals surface area (Å²) in [6.45, 7) is 7.15. The van der Waals surface area contributed by atoms with Crippen molar-refractivity contribution < 1.29 is 5.11 Å². The van der Waals surface area contributed by atoms with Crippen LogP contribution in [-0.2, 0) is 0 Å². The van der Waals surface area contributed by atoms with Crippen LogP contribution in [0.4, 0.5) is 0 Å². The van der Waals surface area contributed by atoms with Gasteiger partial charge < -0.3 is 5.11 Å². The van der Waals surface area contributed by atoms with Gasteiger partial charge in [-0.1, -0.05) is 45.8 Å². The molecule has 0 aliphatic rings. The normalized spacial score (nSPS) is 15.7. The third-order valence-corrected chi connectivity index (χ3v) is 2.71. The van der Waals surface area contributed by atoms with Gasteiger partial charge in [-0.3, -0.25) is 0 Å². The van der Waals surface area contributed by atoms with Crippen molar-refractivity contribution in [3.8, 4) is 0 Å². The van der Waals surface area contributed by atoms with Crippen LogP contribution in [-0.4, -0.2) is 19.0 Å². The number of hydrogen-bond acceptors (Lipinski definition) is 1. The van der Waals surface area contributed by atoms with E-state index in [0.717, 1.165) is 12.2 Å². The SMILES string of the molecule is CBC(C)CCCC(C)CCO. The molecule has 0 saturated carbocycles. The number of hydrogen-bond donors (Lipinski definition) is 1. The van der Waals surface area contributed by atoms with E-state index < -0.39 is 0 Å². The Balaban J connectivity index is 3.18. The van der Waals surface area contributed by atoms with Gasteiger partial charge in [-0.2, -0.15) is 0 Å². The topological polar surface area (TPSA) is 20.2 Å². The summed E-state index contributed by atoms with van der Waals surface area (Å²) < 4.78 is 0. The fraction of sp³-hybridized carbons (Fsp3) is 1.00. The predicted octanol–water partition coefficient (Wildman–Crippen LogP) is 2.47. The summed E-state index contributed by atoms with van der Waals surface area (Å²) in [5.41, 5.74) is 0. The Hall–Kier alpha value is 0.0249. The van der Waals surface area contributed by atoms with Gasteiger partial charge in [-0.15, -0.1) is 0 Å². The molecule has 2 unspecified atom stereocenters. The minimum Gasteiger partial charge on any atom is -0.396 e. The van der Waals surface area contributed by atoms with E-state index >= 15 is 0 Å². The van der Waals surface area contributed by atoms with Gasteiger partial charge in [-0.05, 0) is 12.3 Å². The van der Waals surface area contributed by atoms with Crippen molar-refractivity contribution in [2.75, 3.05) is 6.61 Å². The van der Waals surface area contributed by atoms with Crippen LogP contribution in [0.5, 0.6) is 0 Å². The summed E-state index contributed by atoms with van der Waals surface area (Å²) in [4.78, 5) is 0. The molecule has 0 radical (unpaired) electrons. The maximum Gasteiger partial charge on any atom is 0.120 e. The standard InChI is InChI=1S/C10H23BO/c1-9(7-8-12)5-4-6-10(2)11-3/h9-12H,4-8H2,1-3H3. The van der Waals surface area contributed by atoms with Gasteiger partial charge in [0.25, 0.3) is 0 Å². The average Bonchev–Trinajstić information content (AvgIpc) is 2.04. The molecule has 12 heavy (non-hydrogen) atoms. The van der Waals surface area contributed by atoms with Gasteiger partial charge in [0, 0.05) is 6.61 Å².